The fraction of sp³-hybridized carbons (Fsp3) is 0.381. The van der Waals surface area contributed by atoms with Crippen LogP contribution in [0.5, 0.6) is 5.75 Å². The van der Waals surface area contributed by atoms with E-state index in [-0.39, 0.29) is 11.9 Å². The molecule has 1 aliphatic rings. The van der Waals surface area contributed by atoms with Crippen molar-refractivity contribution in [1.29, 1.82) is 0 Å². The van der Waals surface area contributed by atoms with E-state index >= 15 is 0 Å². The Morgan fingerprint density at radius 1 is 1.12 bits per heavy atom. The zero-order chi connectivity index (χ0) is 18.5. The number of amides is 1. The van der Waals surface area contributed by atoms with Gasteiger partial charge >= 0.3 is 0 Å². The Hall–Kier alpha value is -2.53. The second-order valence-corrected chi connectivity index (χ2v) is 6.62. The Kier molecular flexibility index (Phi) is 5.78. The van der Waals surface area contributed by atoms with Crippen molar-refractivity contribution in [2.75, 3.05) is 38.8 Å². The minimum Gasteiger partial charge on any atom is -0.497 e. The molecule has 5 heteroatoms. The summed E-state index contributed by atoms with van der Waals surface area (Å²) in [4.78, 5) is 17.1. The molecule has 0 aromatic heterocycles. The van der Waals surface area contributed by atoms with Gasteiger partial charge in [-0.25, -0.2) is 0 Å². The van der Waals surface area contributed by atoms with Crippen LogP contribution in [-0.2, 0) is 11.3 Å². The largest absolute Gasteiger partial charge is 0.497 e. The van der Waals surface area contributed by atoms with E-state index in [1.54, 1.807) is 14.2 Å². The van der Waals surface area contributed by atoms with Gasteiger partial charge in [-0.3, -0.25) is 4.79 Å². The van der Waals surface area contributed by atoms with Gasteiger partial charge < -0.3 is 19.3 Å². The third kappa shape index (κ3) is 3.99. The van der Waals surface area contributed by atoms with E-state index in [4.69, 9.17) is 9.47 Å². The smallest absolute Gasteiger partial charge is 0.253 e. The van der Waals surface area contributed by atoms with Crippen molar-refractivity contribution in [1.82, 2.24) is 4.90 Å². The van der Waals surface area contributed by atoms with E-state index in [1.165, 1.54) is 0 Å². The summed E-state index contributed by atoms with van der Waals surface area (Å²) >= 11 is 0. The number of benzene rings is 2. The van der Waals surface area contributed by atoms with Gasteiger partial charge in [0.15, 0.2) is 0 Å². The van der Waals surface area contributed by atoms with Gasteiger partial charge in [0.05, 0.1) is 13.7 Å². The number of ether oxygens (including phenoxy) is 2. The van der Waals surface area contributed by atoms with Crippen molar-refractivity contribution < 1.29 is 14.3 Å². The van der Waals surface area contributed by atoms with E-state index in [9.17, 15) is 4.79 Å². The third-order valence-electron chi connectivity index (χ3n) is 4.81. The zero-order valence-corrected chi connectivity index (χ0v) is 15.6. The first kappa shape index (κ1) is 18.3. The first-order valence-corrected chi connectivity index (χ1v) is 8.90. The van der Waals surface area contributed by atoms with Crippen LogP contribution in [0.25, 0.3) is 0 Å². The maximum absolute atomic E-state index is 12.8. The first-order chi connectivity index (χ1) is 12.6. The Morgan fingerprint density at radius 3 is 2.54 bits per heavy atom. The summed E-state index contributed by atoms with van der Waals surface area (Å²) in [5, 5.41) is 0. The number of nitrogens with zero attached hydrogens (tertiary/aromatic N) is 2. The predicted molar refractivity (Wildman–Crippen MR) is 103 cm³/mol. The molecule has 1 atom stereocenters. The summed E-state index contributed by atoms with van der Waals surface area (Å²) in [6.07, 6.45) is 0. The second kappa shape index (κ2) is 8.23. The molecule has 0 bridgehead atoms. The van der Waals surface area contributed by atoms with Crippen molar-refractivity contribution in [3.8, 4) is 5.75 Å². The molecule has 0 N–H and O–H groups in total. The molecule has 0 spiro atoms. The van der Waals surface area contributed by atoms with E-state index in [2.05, 4.69) is 17.9 Å². The highest BCUT2D eigenvalue weighted by Crippen LogP contribution is 2.25. The van der Waals surface area contributed by atoms with Crippen LogP contribution < -0.4 is 9.64 Å². The van der Waals surface area contributed by atoms with Crippen molar-refractivity contribution in [2.24, 2.45) is 0 Å². The zero-order valence-electron chi connectivity index (χ0n) is 15.6. The van der Waals surface area contributed by atoms with Gasteiger partial charge in [0, 0.05) is 50.1 Å². The molecule has 1 amide bonds. The molecule has 1 fully saturated rings. The van der Waals surface area contributed by atoms with Crippen LogP contribution in [0.1, 0.15) is 22.8 Å². The maximum Gasteiger partial charge on any atom is 0.253 e. The molecule has 3 rings (SSSR count). The van der Waals surface area contributed by atoms with Crippen LogP contribution in [0.4, 0.5) is 5.69 Å². The number of carbonyl (C=O) groups excluding carboxylic acids is 1. The number of rotatable bonds is 5. The molecule has 26 heavy (non-hydrogen) atoms. The van der Waals surface area contributed by atoms with Crippen LogP contribution in [0.15, 0.2) is 48.5 Å². The van der Waals surface area contributed by atoms with Crippen molar-refractivity contribution >= 4 is 11.6 Å². The summed E-state index contributed by atoms with van der Waals surface area (Å²) in [5.74, 6) is 0.940. The monoisotopic (exact) mass is 354 g/mol. The quantitative estimate of drug-likeness (QED) is 0.827. The summed E-state index contributed by atoms with van der Waals surface area (Å²) < 4.78 is 10.4. The topological polar surface area (TPSA) is 42.0 Å². The van der Waals surface area contributed by atoms with E-state index in [1.807, 2.05) is 47.4 Å². The molecule has 1 aliphatic heterocycles. The van der Waals surface area contributed by atoms with Crippen LogP contribution in [-0.4, -0.2) is 50.7 Å². The molecule has 0 saturated carbocycles. The van der Waals surface area contributed by atoms with Crippen LogP contribution >= 0.6 is 0 Å². The van der Waals surface area contributed by atoms with Gasteiger partial charge in [0.25, 0.3) is 5.91 Å². The summed E-state index contributed by atoms with van der Waals surface area (Å²) in [6, 6.07) is 16.0. The Labute approximate surface area is 155 Å². The highest BCUT2D eigenvalue weighted by molar-refractivity contribution is 5.94. The van der Waals surface area contributed by atoms with Crippen LogP contribution in [0, 0.1) is 0 Å². The van der Waals surface area contributed by atoms with Gasteiger partial charge in [-0.15, -0.1) is 0 Å². The van der Waals surface area contributed by atoms with Crippen molar-refractivity contribution in [3.63, 3.8) is 0 Å². The lowest BCUT2D eigenvalue weighted by atomic mass is 10.1. The number of anilines is 1. The van der Waals surface area contributed by atoms with E-state index in [0.29, 0.717) is 19.7 Å². The van der Waals surface area contributed by atoms with Crippen LogP contribution in [0.2, 0.25) is 0 Å². The van der Waals surface area contributed by atoms with Gasteiger partial charge in [-0.1, -0.05) is 18.2 Å². The van der Waals surface area contributed by atoms with Gasteiger partial charge in [0.1, 0.15) is 5.75 Å². The molecule has 0 aliphatic carbocycles. The lowest BCUT2D eigenvalue weighted by Crippen LogP contribution is -2.53. The average molecular weight is 354 g/mol. The summed E-state index contributed by atoms with van der Waals surface area (Å²) in [7, 11) is 3.35. The normalized spacial score (nSPS) is 17.3. The molecule has 0 radical (unpaired) electrons. The van der Waals surface area contributed by atoms with E-state index < -0.39 is 0 Å². The van der Waals surface area contributed by atoms with Crippen molar-refractivity contribution in [3.05, 3.63) is 59.7 Å². The maximum atomic E-state index is 12.8. The fourth-order valence-electron chi connectivity index (χ4n) is 3.41. The third-order valence-corrected chi connectivity index (χ3v) is 4.81. The minimum atomic E-state index is 0.0890. The molecule has 138 valence electrons. The Morgan fingerprint density at radius 2 is 1.88 bits per heavy atom. The number of hydrogen-bond donors (Lipinski definition) is 0. The average Bonchev–Trinajstić information content (AvgIpc) is 2.68. The van der Waals surface area contributed by atoms with E-state index in [0.717, 1.165) is 29.1 Å². The summed E-state index contributed by atoms with van der Waals surface area (Å²) in [6.45, 7) is 4.93. The lowest BCUT2D eigenvalue weighted by Gasteiger charge is -2.41. The molecule has 5 nitrogen and oxygen atoms in total. The number of piperazine rings is 1. The number of hydrogen-bond acceptors (Lipinski definition) is 4. The molecular formula is C21H26N2O3. The van der Waals surface area contributed by atoms with Crippen LogP contribution in [0.3, 0.4) is 0 Å². The second-order valence-electron chi connectivity index (χ2n) is 6.62. The lowest BCUT2D eigenvalue weighted by molar-refractivity contribution is 0.0726. The SMILES string of the molecule is COCc1ccc(C(=O)N2CCN(c3cccc(OC)c3)[C@@H](C)C2)cc1. The molecule has 2 aromatic rings. The summed E-state index contributed by atoms with van der Waals surface area (Å²) in [5.41, 5.74) is 2.93. The molecule has 1 heterocycles. The highest BCUT2D eigenvalue weighted by atomic mass is 16.5. The predicted octanol–water partition coefficient (Wildman–Crippen LogP) is 3.19. The van der Waals surface area contributed by atoms with Gasteiger partial charge in [-0.2, -0.15) is 0 Å². The highest BCUT2D eigenvalue weighted by Gasteiger charge is 2.27. The first-order valence-electron chi connectivity index (χ1n) is 8.90. The molecule has 0 unspecified atom stereocenters. The molecule has 1 saturated heterocycles. The molecule has 2 aromatic carbocycles. The fourth-order valence-corrected chi connectivity index (χ4v) is 3.41. The van der Waals surface area contributed by atoms with Crippen molar-refractivity contribution in [2.45, 2.75) is 19.6 Å². The number of methoxy groups -OCH3 is 2. The molecular weight excluding hydrogens is 328 g/mol. The Balaban J connectivity index is 1.66. The minimum absolute atomic E-state index is 0.0890. The van der Waals surface area contributed by atoms with Gasteiger partial charge in [0.2, 0.25) is 0 Å². The Bertz CT molecular complexity index is 745. The number of carbonyl (C=O) groups is 1. The standard InChI is InChI=1S/C21H26N2O3/c1-16-14-22(21(24)18-9-7-17(8-10-18)15-25-2)11-12-23(16)19-5-4-6-20(13-19)26-3/h4-10,13,16H,11-12,14-15H2,1-3H3/t16-/m0/s1. The van der Waals surface area contributed by atoms with Gasteiger partial charge in [-0.05, 0) is 36.8 Å².